The Bertz CT molecular complexity index is 4140. The van der Waals surface area contributed by atoms with E-state index in [1.807, 2.05) is 145 Å². The number of fused-ring (bicyclic) bond motifs is 6. The molecule has 434 valence electrons. The Balaban J connectivity index is 0.000000149. The van der Waals surface area contributed by atoms with Crippen LogP contribution in [0.2, 0.25) is 0 Å². The number of aromatic nitrogens is 12. The molecule has 1 aliphatic heterocycles. The van der Waals surface area contributed by atoms with E-state index < -0.39 is 0 Å². The van der Waals surface area contributed by atoms with Crippen molar-refractivity contribution in [3.63, 3.8) is 0 Å². The van der Waals surface area contributed by atoms with Crippen molar-refractivity contribution in [3.8, 4) is 33.6 Å². The molecule has 0 atom stereocenters. The lowest BCUT2D eigenvalue weighted by molar-refractivity contribution is -0.193. The average molecular weight is 1200 g/mol. The van der Waals surface area contributed by atoms with E-state index in [0.717, 1.165) is 138 Å². The summed E-state index contributed by atoms with van der Waals surface area (Å²) >= 11 is 3.55. The average Bonchev–Trinajstić information content (AvgIpc) is 1.96. The first kappa shape index (κ1) is 60.3. The fraction of sp³-hybridized carbons (Fsp3) is 0.387. The second kappa shape index (κ2) is 25.3. The van der Waals surface area contributed by atoms with Crippen molar-refractivity contribution in [2.45, 2.75) is 116 Å². The lowest BCUT2D eigenvalue weighted by Gasteiger charge is -2.32. The van der Waals surface area contributed by atoms with Gasteiger partial charge in [0.15, 0.2) is 0 Å². The lowest BCUT2D eigenvalue weighted by atomic mass is 9.80. The van der Waals surface area contributed by atoms with Gasteiger partial charge in [0.25, 0.3) is 0 Å². The Morgan fingerprint density at radius 2 is 0.952 bits per heavy atom. The maximum absolute atomic E-state index is 13.3. The summed E-state index contributed by atoms with van der Waals surface area (Å²) in [6, 6.07) is 21.0. The molecule has 0 radical (unpaired) electrons. The first-order valence-electron chi connectivity index (χ1n) is 28.1. The largest absolute Gasteiger partial charge is 0.496 e. The van der Waals surface area contributed by atoms with E-state index >= 15 is 0 Å². The molecule has 0 bridgehead atoms. The van der Waals surface area contributed by atoms with Gasteiger partial charge in [-0.2, -0.15) is 29.4 Å². The van der Waals surface area contributed by atoms with E-state index in [4.69, 9.17) is 28.5 Å². The van der Waals surface area contributed by atoms with E-state index in [0.29, 0.717) is 6.04 Å². The third-order valence-corrected chi connectivity index (χ3v) is 17.4. The molecular weight excluding hydrogens is 1130 g/mol. The van der Waals surface area contributed by atoms with Crippen LogP contribution in [0.1, 0.15) is 105 Å². The van der Waals surface area contributed by atoms with Crippen molar-refractivity contribution in [2.24, 2.45) is 40.0 Å². The fourth-order valence-electron chi connectivity index (χ4n) is 11.4. The minimum Gasteiger partial charge on any atom is -0.399 e. The van der Waals surface area contributed by atoms with Crippen molar-refractivity contribution in [3.05, 3.63) is 136 Å². The number of halogens is 1. The summed E-state index contributed by atoms with van der Waals surface area (Å²) in [5.41, 5.74) is 11.9. The van der Waals surface area contributed by atoms with Crippen LogP contribution in [0, 0.1) is 11.8 Å². The highest BCUT2D eigenvalue weighted by atomic mass is 79.9. The smallest absolute Gasteiger partial charge is 0.399 e. The molecule has 9 heterocycles. The fourth-order valence-corrected chi connectivity index (χ4v) is 11.8. The third kappa shape index (κ3) is 12.5. The summed E-state index contributed by atoms with van der Waals surface area (Å²) in [7, 11) is 7.12. The van der Waals surface area contributed by atoms with Gasteiger partial charge in [-0.3, -0.25) is 47.6 Å². The minimum atomic E-state index is -0.370. The number of hydrogen-bond acceptors (Lipinski definition) is 14. The Morgan fingerprint density at radius 3 is 1.37 bits per heavy atom. The zero-order chi connectivity index (χ0) is 60.2. The molecule has 8 aromatic heterocycles. The van der Waals surface area contributed by atoms with Gasteiger partial charge < -0.3 is 9.31 Å². The van der Waals surface area contributed by atoms with Crippen LogP contribution in [0.25, 0.3) is 77.5 Å². The number of rotatable bonds is 6. The van der Waals surface area contributed by atoms with Crippen LogP contribution in [0.3, 0.4) is 0 Å². The van der Waals surface area contributed by atoms with Gasteiger partial charge in [-0.1, -0.05) is 48.0 Å². The summed E-state index contributed by atoms with van der Waals surface area (Å²) in [4.78, 5) is 77.1. The number of carbonyl (C=O) groups excluding carboxylic acids is 4. The molecule has 0 N–H and O–H groups in total. The van der Waals surface area contributed by atoms with E-state index in [1.165, 1.54) is 12.8 Å². The maximum atomic E-state index is 13.3. The van der Waals surface area contributed by atoms with Gasteiger partial charge >= 0.3 is 30.8 Å². The van der Waals surface area contributed by atoms with Gasteiger partial charge in [0.05, 0.1) is 80.5 Å². The van der Waals surface area contributed by atoms with E-state index in [1.54, 1.807) is 24.7 Å². The van der Waals surface area contributed by atoms with Gasteiger partial charge in [0, 0.05) is 102 Å². The first-order valence-corrected chi connectivity index (χ1v) is 28.9. The highest BCUT2D eigenvalue weighted by Gasteiger charge is 2.51. The van der Waals surface area contributed by atoms with E-state index in [2.05, 4.69) is 84.2 Å². The van der Waals surface area contributed by atoms with E-state index in [9.17, 15) is 9.59 Å². The molecule has 2 saturated carbocycles. The quantitative estimate of drug-likeness (QED) is 0.141. The molecule has 3 fully saturated rings. The zero-order valence-corrected chi connectivity index (χ0v) is 50.5. The number of benzene rings is 2. The molecule has 84 heavy (non-hydrogen) atoms. The highest BCUT2D eigenvalue weighted by Crippen LogP contribution is 2.39. The second-order valence-corrected chi connectivity index (χ2v) is 24.0. The molecule has 13 rings (SSSR count). The van der Waals surface area contributed by atoms with Crippen molar-refractivity contribution >= 4 is 84.7 Å². The normalized spacial score (nSPS) is 18.8. The molecule has 22 heteroatoms. The Labute approximate surface area is 494 Å². The molecule has 0 unspecified atom stereocenters. The van der Waals surface area contributed by atoms with Crippen molar-refractivity contribution < 1.29 is 28.5 Å². The number of hydrogen-bond donors (Lipinski definition) is 0. The Morgan fingerprint density at radius 1 is 0.524 bits per heavy atom. The predicted molar refractivity (Wildman–Crippen MR) is 324 cm³/mol. The standard InChI is InChI=1S/C27H28N6O.C18H20BrN3O.C15H20BN3O2.2CO2/c1-17-4-8-21(9-5-17)33-26-22-12-18(6-11-24(22)29-15-25(26)32(3)27(33)34)19-7-10-23(28-13-19)20-14-30-31(2)16-20;1-11-3-6-13(7-4-11)22-17-14-9-12(19)5-8-15(14)20-10-16(17)21(2)18(22)23;1-14(2)15(3,4)21-16(20-14)12-6-7-13(17-9-12)11-8-18-19(5)10-11;2*2-1-3/h6-7,10-17,21H,4-5,8-9H2,1-3H3;5,8-11,13H,3-4,6-7H2,1-2H3;6-10H,1-5H3;;. The summed E-state index contributed by atoms with van der Waals surface area (Å²) < 4.78 is 24.1. The monoisotopic (exact) mass is 1200 g/mol. The summed E-state index contributed by atoms with van der Waals surface area (Å²) in [5, 5.41) is 10.5. The number of nitrogens with zero attached hydrogens (tertiary/aromatic N) is 12. The van der Waals surface area contributed by atoms with Crippen LogP contribution in [-0.2, 0) is 56.7 Å². The Kier molecular flexibility index (Phi) is 18.2. The zero-order valence-electron chi connectivity index (χ0n) is 48.9. The van der Waals surface area contributed by atoms with Crippen LogP contribution >= 0.6 is 15.9 Å². The number of aryl methyl sites for hydroxylation is 4. The van der Waals surface area contributed by atoms with Crippen LogP contribution < -0.4 is 16.8 Å². The molecule has 0 spiro atoms. The van der Waals surface area contributed by atoms with Crippen LogP contribution in [0.5, 0.6) is 0 Å². The van der Waals surface area contributed by atoms with Gasteiger partial charge in [0.1, 0.15) is 0 Å². The van der Waals surface area contributed by atoms with Gasteiger partial charge in [0.2, 0.25) is 0 Å². The van der Waals surface area contributed by atoms with Crippen molar-refractivity contribution in [2.75, 3.05) is 0 Å². The molecule has 2 aliphatic carbocycles. The maximum Gasteiger partial charge on any atom is 0.496 e. The highest BCUT2D eigenvalue weighted by molar-refractivity contribution is 9.10. The topological polar surface area (TPSA) is 228 Å². The van der Waals surface area contributed by atoms with Crippen LogP contribution in [0.15, 0.2) is 124 Å². The van der Waals surface area contributed by atoms with Crippen LogP contribution in [-0.4, -0.2) is 88.4 Å². The molecule has 10 aromatic rings. The molecule has 0 amide bonds. The summed E-state index contributed by atoms with van der Waals surface area (Å²) in [6.07, 6.45) is 24.4. The summed E-state index contributed by atoms with van der Waals surface area (Å²) in [6.45, 7) is 12.8. The summed E-state index contributed by atoms with van der Waals surface area (Å²) in [5.74, 6) is 1.50. The van der Waals surface area contributed by atoms with Gasteiger partial charge in [-0.15, -0.1) is 0 Å². The predicted octanol–water partition coefficient (Wildman–Crippen LogP) is 10.1. The molecule has 2 aromatic carbocycles. The van der Waals surface area contributed by atoms with Gasteiger partial charge in [-0.05, 0) is 139 Å². The molecule has 20 nitrogen and oxygen atoms in total. The Hall–Kier alpha value is -8.26. The van der Waals surface area contributed by atoms with E-state index in [-0.39, 0.29) is 48.0 Å². The third-order valence-electron chi connectivity index (χ3n) is 16.9. The van der Waals surface area contributed by atoms with Gasteiger partial charge in [-0.25, -0.2) is 9.59 Å². The molecule has 1 saturated heterocycles. The molecular formula is C62H68BBrN12O8. The lowest BCUT2D eigenvalue weighted by Crippen LogP contribution is -2.41. The number of imidazole rings is 2. The first-order chi connectivity index (χ1) is 40.2. The SMILES string of the molecule is CC1CCC(n2c(=O)n(C)c3cnc4ccc(-c5ccc(-c6cnn(C)c6)nc5)cc4c32)CC1.CC1CCC(n2c(=O)n(C)c3cnc4ccc(Br)cc4c32)CC1.Cn1cc(-c2ccc(B3OC(C)(C)C(C)(C)O3)cn2)cn1.O=C=O.O=C=O. The van der Waals surface area contributed by atoms with Crippen molar-refractivity contribution in [1.82, 2.24) is 57.8 Å². The van der Waals surface area contributed by atoms with Crippen LogP contribution in [0.4, 0.5) is 0 Å². The number of pyridine rings is 4. The minimum absolute atomic E-state index is 0.0525. The second-order valence-electron chi connectivity index (χ2n) is 23.1. The van der Waals surface area contributed by atoms with Crippen molar-refractivity contribution in [1.29, 1.82) is 0 Å². The molecule has 3 aliphatic rings.